The Labute approximate surface area is 92.3 Å². The molecule has 0 aromatic heterocycles. The standard InChI is InChI=1S/C9H11F2NO3S/c1-3-12-16(13,14)9-5-6(10)8(15-2)4-7(9)11/h4-5,12H,3H2,1-2H3. The molecule has 1 aromatic rings. The van der Waals surface area contributed by atoms with Gasteiger partial charge in [-0.15, -0.1) is 0 Å². The molecule has 0 heterocycles. The van der Waals surface area contributed by atoms with Crippen molar-refractivity contribution in [3.63, 3.8) is 0 Å². The molecule has 0 spiro atoms. The van der Waals surface area contributed by atoms with Crippen LogP contribution < -0.4 is 9.46 Å². The molecule has 1 N–H and O–H groups in total. The van der Waals surface area contributed by atoms with Crippen molar-refractivity contribution in [1.29, 1.82) is 0 Å². The van der Waals surface area contributed by atoms with Crippen LogP contribution in [-0.2, 0) is 10.0 Å². The minimum Gasteiger partial charge on any atom is -0.494 e. The van der Waals surface area contributed by atoms with Crippen molar-refractivity contribution in [3.8, 4) is 5.75 Å². The lowest BCUT2D eigenvalue weighted by Gasteiger charge is -2.08. The van der Waals surface area contributed by atoms with Crippen molar-refractivity contribution in [2.45, 2.75) is 11.8 Å². The van der Waals surface area contributed by atoms with Gasteiger partial charge >= 0.3 is 0 Å². The molecule has 0 bridgehead atoms. The number of hydrogen-bond donors (Lipinski definition) is 1. The predicted octanol–water partition coefficient (Wildman–Crippen LogP) is 1.27. The van der Waals surface area contributed by atoms with Crippen LogP contribution in [0.15, 0.2) is 17.0 Å². The largest absolute Gasteiger partial charge is 0.494 e. The van der Waals surface area contributed by atoms with E-state index in [1.54, 1.807) is 0 Å². The van der Waals surface area contributed by atoms with Gasteiger partial charge in [0.15, 0.2) is 11.6 Å². The van der Waals surface area contributed by atoms with E-state index in [1.807, 2.05) is 0 Å². The Morgan fingerprint density at radius 1 is 1.31 bits per heavy atom. The lowest BCUT2D eigenvalue weighted by Crippen LogP contribution is -2.24. The third-order valence-corrected chi connectivity index (χ3v) is 3.39. The Morgan fingerprint density at radius 2 is 1.94 bits per heavy atom. The van der Waals surface area contributed by atoms with Gasteiger partial charge in [-0.3, -0.25) is 0 Å². The second-order valence-corrected chi connectivity index (χ2v) is 4.65. The topological polar surface area (TPSA) is 55.4 Å². The first-order valence-corrected chi connectivity index (χ1v) is 5.93. The van der Waals surface area contributed by atoms with Gasteiger partial charge in [0.1, 0.15) is 10.7 Å². The number of hydrogen-bond acceptors (Lipinski definition) is 3. The summed E-state index contributed by atoms with van der Waals surface area (Å²) in [6.45, 7) is 1.63. The number of sulfonamides is 1. The van der Waals surface area contributed by atoms with E-state index >= 15 is 0 Å². The predicted molar refractivity (Wildman–Crippen MR) is 53.8 cm³/mol. The van der Waals surface area contributed by atoms with Crippen molar-refractivity contribution < 1.29 is 21.9 Å². The van der Waals surface area contributed by atoms with Crippen molar-refractivity contribution in [1.82, 2.24) is 4.72 Å². The smallest absolute Gasteiger partial charge is 0.243 e. The van der Waals surface area contributed by atoms with Crippen LogP contribution in [0.4, 0.5) is 8.78 Å². The number of benzene rings is 1. The number of ether oxygens (including phenoxy) is 1. The summed E-state index contributed by atoms with van der Waals surface area (Å²) in [5, 5.41) is 0. The van der Waals surface area contributed by atoms with Gasteiger partial charge in [0.25, 0.3) is 0 Å². The van der Waals surface area contributed by atoms with E-state index in [0.717, 1.165) is 7.11 Å². The van der Waals surface area contributed by atoms with E-state index < -0.39 is 26.6 Å². The third kappa shape index (κ3) is 2.48. The minimum atomic E-state index is -4.01. The van der Waals surface area contributed by atoms with Gasteiger partial charge < -0.3 is 4.74 Å². The molecule has 0 aliphatic heterocycles. The third-order valence-electron chi connectivity index (χ3n) is 1.83. The van der Waals surface area contributed by atoms with Crippen LogP contribution in [0.5, 0.6) is 5.75 Å². The van der Waals surface area contributed by atoms with E-state index in [1.165, 1.54) is 6.92 Å². The number of methoxy groups -OCH3 is 1. The Hall–Kier alpha value is -1.21. The molecule has 0 saturated heterocycles. The number of halogens is 2. The molecule has 1 rings (SSSR count). The van der Waals surface area contributed by atoms with Crippen molar-refractivity contribution in [2.75, 3.05) is 13.7 Å². The number of nitrogens with one attached hydrogen (secondary N) is 1. The average Bonchev–Trinajstić information content (AvgIpc) is 2.20. The summed E-state index contributed by atoms with van der Waals surface area (Å²) in [4.78, 5) is -0.729. The maximum Gasteiger partial charge on any atom is 0.243 e. The molecule has 90 valence electrons. The highest BCUT2D eigenvalue weighted by atomic mass is 32.2. The van der Waals surface area contributed by atoms with Crippen LogP contribution in [0.3, 0.4) is 0 Å². The highest BCUT2D eigenvalue weighted by molar-refractivity contribution is 7.89. The monoisotopic (exact) mass is 251 g/mol. The van der Waals surface area contributed by atoms with Gasteiger partial charge in [0, 0.05) is 18.7 Å². The Morgan fingerprint density at radius 3 is 2.44 bits per heavy atom. The quantitative estimate of drug-likeness (QED) is 0.876. The normalized spacial score (nSPS) is 11.5. The summed E-state index contributed by atoms with van der Waals surface area (Å²) in [6, 6.07) is 1.28. The van der Waals surface area contributed by atoms with E-state index in [-0.39, 0.29) is 12.3 Å². The molecule has 0 amide bonds. The molecule has 0 aliphatic rings. The lowest BCUT2D eigenvalue weighted by molar-refractivity contribution is 0.380. The maximum atomic E-state index is 13.4. The van der Waals surface area contributed by atoms with Crippen LogP contribution in [0.1, 0.15) is 6.92 Å². The molecular weight excluding hydrogens is 240 g/mol. The molecular formula is C9H11F2NO3S. The fourth-order valence-electron chi connectivity index (χ4n) is 1.14. The Balaban J connectivity index is 3.31. The number of rotatable bonds is 4. The SMILES string of the molecule is CCNS(=O)(=O)c1cc(F)c(OC)cc1F. The Bertz CT molecular complexity index is 488. The Kier molecular flexibility index (Phi) is 3.82. The van der Waals surface area contributed by atoms with Crippen molar-refractivity contribution in [3.05, 3.63) is 23.8 Å². The van der Waals surface area contributed by atoms with E-state index in [2.05, 4.69) is 9.46 Å². The molecule has 0 aliphatic carbocycles. The van der Waals surface area contributed by atoms with Gasteiger partial charge in [0.05, 0.1) is 7.11 Å². The lowest BCUT2D eigenvalue weighted by atomic mass is 10.3. The zero-order valence-corrected chi connectivity index (χ0v) is 9.57. The molecule has 7 heteroatoms. The van der Waals surface area contributed by atoms with Gasteiger partial charge in [-0.05, 0) is 0 Å². The molecule has 16 heavy (non-hydrogen) atoms. The summed E-state index contributed by atoms with van der Waals surface area (Å²) >= 11 is 0. The van der Waals surface area contributed by atoms with Crippen molar-refractivity contribution >= 4 is 10.0 Å². The van der Waals surface area contributed by atoms with Crippen LogP contribution in [0, 0.1) is 11.6 Å². The first kappa shape index (κ1) is 12.9. The molecule has 0 atom stereocenters. The van der Waals surface area contributed by atoms with Gasteiger partial charge in [0.2, 0.25) is 10.0 Å². The van der Waals surface area contributed by atoms with E-state index in [0.29, 0.717) is 12.1 Å². The maximum absolute atomic E-state index is 13.4. The minimum absolute atomic E-state index is 0.0927. The summed E-state index contributed by atoms with van der Waals surface area (Å²) < 4.78 is 56.1. The molecule has 1 aromatic carbocycles. The second-order valence-electron chi connectivity index (χ2n) is 2.92. The average molecular weight is 251 g/mol. The van der Waals surface area contributed by atoms with E-state index in [4.69, 9.17) is 0 Å². The zero-order valence-electron chi connectivity index (χ0n) is 8.75. The fraction of sp³-hybridized carbons (Fsp3) is 0.333. The second kappa shape index (κ2) is 4.75. The van der Waals surface area contributed by atoms with Gasteiger partial charge in [-0.2, -0.15) is 0 Å². The molecule has 0 saturated carbocycles. The van der Waals surface area contributed by atoms with Crippen LogP contribution in [-0.4, -0.2) is 22.1 Å². The summed E-state index contributed by atoms with van der Waals surface area (Å²) in [7, 11) is -2.85. The van der Waals surface area contributed by atoms with Crippen LogP contribution >= 0.6 is 0 Å². The highest BCUT2D eigenvalue weighted by Crippen LogP contribution is 2.24. The van der Waals surface area contributed by atoms with Crippen molar-refractivity contribution in [2.24, 2.45) is 0 Å². The van der Waals surface area contributed by atoms with Gasteiger partial charge in [-0.1, -0.05) is 6.92 Å². The molecule has 0 fully saturated rings. The zero-order chi connectivity index (χ0) is 12.3. The van der Waals surface area contributed by atoms with Gasteiger partial charge in [-0.25, -0.2) is 21.9 Å². The van der Waals surface area contributed by atoms with Crippen LogP contribution in [0.25, 0.3) is 0 Å². The highest BCUT2D eigenvalue weighted by Gasteiger charge is 2.21. The first-order valence-electron chi connectivity index (χ1n) is 4.45. The molecule has 0 unspecified atom stereocenters. The summed E-state index contributed by atoms with van der Waals surface area (Å²) in [5.74, 6) is -2.33. The molecule has 4 nitrogen and oxygen atoms in total. The first-order chi connectivity index (χ1) is 7.42. The summed E-state index contributed by atoms with van der Waals surface area (Å²) in [6.07, 6.45) is 0. The van der Waals surface area contributed by atoms with E-state index in [9.17, 15) is 17.2 Å². The van der Waals surface area contributed by atoms with Crippen LogP contribution in [0.2, 0.25) is 0 Å². The summed E-state index contributed by atoms with van der Waals surface area (Å²) in [5.41, 5.74) is 0. The molecule has 0 radical (unpaired) electrons. The fourth-order valence-corrected chi connectivity index (χ4v) is 2.25.